The molecule has 0 N–H and O–H groups in total. The Labute approximate surface area is 396 Å². The van der Waals surface area contributed by atoms with E-state index in [9.17, 15) is 0 Å². The molecule has 66 heavy (non-hydrogen) atoms. The van der Waals surface area contributed by atoms with E-state index in [4.69, 9.17) is 9.15 Å². The number of furan rings is 1. The molecular formula is C59H59BN2O2S2. The Morgan fingerprint density at radius 2 is 1.15 bits per heavy atom. The molecule has 2 aliphatic rings. The zero-order valence-electron chi connectivity index (χ0n) is 40.4. The van der Waals surface area contributed by atoms with E-state index in [0.29, 0.717) is 0 Å². The van der Waals surface area contributed by atoms with Gasteiger partial charge < -0.3 is 19.0 Å². The van der Waals surface area contributed by atoms with E-state index in [1.165, 1.54) is 58.7 Å². The number of hydrogen-bond donors (Lipinski definition) is 0. The molecule has 0 saturated carbocycles. The second-order valence-corrected chi connectivity index (χ2v) is 27.5. The van der Waals surface area contributed by atoms with Crippen LogP contribution in [0.1, 0.15) is 79.0 Å². The Bertz CT molecular complexity index is 3330. The Morgan fingerprint density at radius 1 is 0.545 bits per heavy atom. The summed E-state index contributed by atoms with van der Waals surface area (Å²) in [5, 5.41) is 3.53. The third-order valence-corrected chi connectivity index (χ3v) is 16.6. The third kappa shape index (κ3) is 7.04. The van der Waals surface area contributed by atoms with Crippen LogP contribution in [0.15, 0.2) is 149 Å². The molecular weight excluding hydrogens is 844 g/mol. The molecule has 0 atom stereocenters. The minimum atomic E-state index is -1.18. The molecule has 0 spiro atoms. The molecule has 0 radical (unpaired) electrons. The summed E-state index contributed by atoms with van der Waals surface area (Å²) in [4.78, 5) is 6.25. The van der Waals surface area contributed by atoms with Gasteiger partial charge in [-0.25, -0.2) is 10.0 Å². The molecule has 0 fully saturated rings. The van der Waals surface area contributed by atoms with E-state index in [-0.39, 0.29) is 23.0 Å². The number of hydrogen-bond acceptors (Lipinski definition) is 5. The van der Waals surface area contributed by atoms with Gasteiger partial charge in [0.2, 0.25) is 0 Å². The molecule has 0 saturated heterocycles. The van der Waals surface area contributed by atoms with Crippen LogP contribution in [-0.4, -0.2) is 25.5 Å². The van der Waals surface area contributed by atoms with Gasteiger partial charge in [-0.15, -0.1) is 11.3 Å². The summed E-state index contributed by atoms with van der Waals surface area (Å²) in [6.45, 7) is 20.6. The topological polar surface area (TPSA) is 28.9 Å². The molecule has 2 aliphatic heterocycles. The molecule has 332 valence electrons. The van der Waals surface area contributed by atoms with Crippen LogP contribution < -0.4 is 30.2 Å². The quantitative estimate of drug-likeness (QED) is 0.161. The van der Waals surface area contributed by atoms with Crippen LogP contribution in [0.25, 0.3) is 32.0 Å². The largest absolute Gasteiger partial charge is 0.458 e. The highest BCUT2D eigenvalue weighted by Crippen LogP contribution is 2.53. The fraction of sp³-hybridized carbons (Fsp3) is 0.254. The first-order valence-corrected chi connectivity index (χ1v) is 26.9. The molecule has 7 aromatic carbocycles. The van der Waals surface area contributed by atoms with E-state index in [1.54, 1.807) is 0 Å². The van der Waals surface area contributed by atoms with Gasteiger partial charge in [-0.3, -0.25) is 0 Å². The van der Waals surface area contributed by atoms with E-state index in [0.717, 1.165) is 56.2 Å². The summed E-state index contributed by atoms with van der Waals surface area (Å²) in [5.74, 6) is 1.84. The van der Waals surface area contributed by atoms with E-state index in [2.05, 4.69) is 224 Å². The average Bonchev–Trinajstić information content (AvgIpc) is 3.83. The molecule has 9 aromatic rings. The van der Waals surface area contributed by atoms with Crippen LogP contribution in [0.3, 0.4) is 0 Å². The van der Waals surface area contributed by atoms with E-state index < -0.39 is 10.0 Å². The average molecular weight is 903 g/mol. The first-order valence-electron chi connectivity index (χ1n) is 23.2. The fourth-order valence-electron chi connectivity index (χ4n) is 9.94. The molecule has 0 bridgehead atoms. The summed E-state index contributed by atoms with van der Waals surface area (Å²) in [7, 11) is -1.18. The van der Waals surface area contributed by atoms with Crippen LogP contribution >= 0.6 is 21.4 Å². The number of anilines is 6. The number of thiophene rings is 1. The number of fused-ring (bicyclic) bond motifs is 9. The predicted molar refractivity (Wildman–Crippen MR) is 289 cm³/mol. The monoisotopic (exact) mass is 902 g/mol. The first-order chi connectivity index (χ1) is 31.2. The Morgan fingerprint density at radius 3 is 1.79 bits per heavy atom. The van der Waals surface area contributed by atoms with Crippen molar-refractivity contribution in [3.8, 4) is 11.5 Å². The SMILES string of the molecule is CC(C)(C)c1ccc(N(c2ccc(C(C)(C)C)cc2)c2ccc3c(c2)Oc2cc(S(C)(C)C)cc4c2B3c2sc3ccc(C(C)(C)C)cc3c2N4c2ccc3oc4ccccc4c3c2)cc1. The van der Waals surface area contributed by atoms with Crippen molar-refractivity contribution in [2.45, 2.75) is 83.5 Å². The lowest BCUT2D eigenvalue weighted by Gasteiger charge is -2.40. The van der Waals surface area contributed by atoms with Crippen LogP contribution in [0.5, 0.6) is 11.5 Å². The van der Waals surface area contributed by atoms with Gasteiger partial charge in [0, 0.05) is 60.1 Å². The van der Waals surface area contributed by atoms with Gasteiger partial charge in [-0.1, -0.05) is 117 Å². The van der Waals surface area contributed by atoms with Gasteiger partial charge in [0.15, 0.2) is 0 Å². The second kappa shape index (κ2) is 14.8. The number of nitrogens with zero attached hydrogens (tertiary/aromatic N) is 2. The van der Waals surface area contributed by atoms with Crippen molar-refractivity contribution in [2.75, 3.05) is 28.6 Å². The lowest BCUT2D eigenvalue weighted by Crippen LogP contribution is -2.58. The van der Waals surface area contributed by atoms with Crippen LogP contribution in [0.4, 0.5) is 34.1 Å². The zero-order chi connectivity index (χ0) is 46.2. The van der Waals surface area contributed by atoms with Crippen molar-refractivity contribution in [3.63, 3.8) is 0 Å². The van der Waals surface area contributed by atoms with Crippen LogP contribution in [0, 0.1) is 0 Å². The summed E-state index contributed by atoms with van der Waals surface area (Å²) < 4.78 is 16.4. The zero-order valence-corrected chi connectivity index (χ0v) is 42.0. The number of benzene rings is 7. The lowest BCUT2D eigenvalue weighted by atomic mass is 9.37. The minimum Gasteiger partial charge on any atom is -0.458 e. The van der Waals surface area contributed by atoms with Gasteiger partial charge >= 0.3 is 0 Å². The van der Waals surface area contributed by atoms with Crippen molar-refractivity contribution in [1.29, 1.82) is 0 Å². The fourth-order valence-corrected chi connectivity index (χ4v) is 12.2. The summed E-state index contributed by atoms with van der Waals surface area (Å²) in [6.07, 6.45) is 7.16. The molecule has 7 heteroatoms. The maximum Gasteiger partial charge on any atom is 0.268 e. The van der Waals surface area contributed by atoms with Crippen LogP contribution in [-0.2, 0) is 16.2 Å². The second-order valence-electron chi connectivity index (χ2n) is 22.3. The maximum atomic E-state index is 7.35. The van der Waals surface area contributed by atoms with Gasteiger partial charge in [0.1, 0.15) is 22.7 Å². The number of ether oxygens (including phenoxy) is 1. The normalized spacial score (nSPS) is 14.1. The van der Waals surface area contributed by atoms with Crippen LogP contribution in [0.2, 0.25) is 0 Å². The summed E-state index contributed by atoms with van der Waals surface area (Å²) in [6, 6.07) is 52.3. The van der Waals surface area contributed by atoms with Crippen molar-refractivity contribution in [2.24, 2.45) is 0 Å². The summed E-state index contributed by atoms with van der Waals surface area (Å²) >= 11 is 1.93. The standard InChI is InChI=1S/C59H59BN2O2S2/c1-57(2,3)36-17-22-39(23-18-36)61(40-24-19-37(20-25-40)58(4,5)6)42-26-28-47-51(33-42)64-52-35-43(66(10,11)12)34-48-54(52)60(47)56-55(46-31-38(59(7,8)9)21-30-53(46)65-56)62(48)41-27-29-50-45(32-41)44-15-13-14-16-49(44)63-50/h13-35H,1-12H3. The number of rotatable bonds is 5. The Hall–Kier alpha value is -5.89. The molecule has 4 heterocycles. The van der Waals surface area contributed by atoms with Gasteiger partial charge in [-0.2, -0.15) is 0 Å². The molecule has 0 amide bonds. The Kier molecular flexibility index (Phi) is 9.59. The van der Waals surface area contributed by atoms with Crippen molar-refractivity contribution in [3.05, 3.63) is 156 Å². The Balaban J connectivity index is 1.15. The smallest absolute Gasteiger partial charge is 0.268 e. The number of para-hydroxylation sites is 1. The molecule has 2 aromatic heterocycles. The van der Waals surface area contributed by atoms with Gasteiger partial charge in [0.25, 0.3) is 6.71 Å². The predicted octanol–water partition coefficient (Wildman–Crippen LogP) is 15.6. The maximum absolute atomic E-state index is 7.35. The van der Waals surface area contributed by atoms with Gasteiger partial charge in [0.05, 0.1) is 5.69 Å². The lowest BCUT2D eigenvalue weighted by molar-refractivity contribution is 0.486. The molecule has 4 nitrogen and oxygen atoms in total. The van der Waals surface area contributed by atoms with Crippen molar-refractivity contribution < 1.29 is 9.15 Å². The third-order valence-electron chi connectivity index (χ3n) is 13.8. The highest BCUT2D eigenvalue weighted by Gasteiger charge is 2.45. The summed E-state index contributed by atoms with van der Waals surface area (Å²) in [5.41, 5.74) is 15.1. The van der Waals surface area contributed by atoms with Gasteiger partial charge in [-0.05, 0) is 146 Å². The molecule has 11 rings (SSSR count). The van der Waals surface area contributed by atoms with E-state index in [1.807, 2.05) is 17.4 Å². The molecule has 0 unspecified atom stereocenters. The molecule has 0 aliphatic carbocycles. The van der Waals surface area contributed by atoms with Crippen molar-refractivity contribution in [1.82, 2.24) is 0 Å². The van der Waals surface area contributed by atoms with E-state index >= 15 is 0 Å². The highest BCUT2D eigenvalue weighted by molar-refractivity contribution is 8.32. The minimum absolute atomic E-state index is 0.0152. The van der Waals surface area contributed by atoms with Crippen molar-refractivity contribution >= 4 is 110 Å². The first kappa shape index (κ1) is 42.7. The highest BCUT2D eigenvalue weighted by atomic mass is 32.3.